The molecular formula is C14H17F3N2. The SMILES string of the molecule is NCC1C2CCC(N2)C1c1ccccc1C(F)(F)F. The molecule has 4 atom stereocenters. The molecule has 0 radical (unpaired) electrons. The summed E-state index contributed by atoms with van der Waals surface area (Å²) in [5.74, 6) is 0.00354. The number of rotatable bonds is 2. The molecule has 2 fully saturated rings. The van der Waals surface area contributed by atoms with Crippen molar-refractivity contribution in [2.45, 2.75) is 37.0 Å². The minimum Gasteiger partial charge on any atom is -0.330 e. The van der Waals surface area contributed by atoms with Crippen LogP contribution in [0.15, 0.2) is 24.3 Å². The first-order valence-electron chi connectivity index (χ1n) is 6.64. The Hall–Kier alpha value is -1.07. The molecule has 2 aliphatic heterocycles. The van der Waals surface area contributed by atoms with E-state index >= 15 is 0 Å². The van der Waals surface area contributed by atoms with Crippen LogP contribution in [-0.4, -0.2) is 18.6 Å². The Bertz CT molecular complexity index is 472. The number of hydrogen-bond donors (Lipinski definition) is 2. The van der Waals surface area contributed by atoms with Crippen molar-refractivity contribution in [3.8, 4) is 0 Å². The lowest BCUT2D eigenvalue weighted by molar-refractivity contribution is -0.138. The number of nitrogens with one attached hydrogen (secondary N) is 1. The zero-order valence-electron chi connectivity index (χ0n) is 10.5. The van der Waals surface area contributed by atoms with Crippen LogP contribution < -0.4 is 11.1 Å². The van der Waals surface area contributed by atoms with E-state index < -0.39 is 11.7 Å². The van der Waals surface area contributed by atoms with E-state index in [4.69, 9.17) is 5.73 Å². The van der Waals surface area contributed by atoms with Gasteiger partial charge in [-0.1, -0.05) is 18.2 Å². The molecule has 19 heavy (non-hydrogen) atoms. The van der Waals surface area contributed by atoms with Crippen molar-refractivity contribution in [3.63, 3.8) is 0 Å². The van der Waals surface area contributed by atoms with Crippen molar-refractivity contribution in [1.82, 2.24) is 5.32 Å². The Balaban J connectivity index is 2.03. The van der Waals surface area contributed by atoms with Crippen molar-refractivity contribution >= 4 is 0 Å². The van der Waals surface area contributed by atoms with Crippen LogP contribution in [0.3, 0.4) is 0 Å². The summed E-state index contributed by atoms with van der Waals surface area (Å²) in [5.41, 5.74) is 5.69. The van der Waals surface area contributed by atoms with Crippen molar-refractivity contribution < 1.29 is 13.2 Å². The third kappa shape index (κ3) is 2.05. The molecule has 2 heterocycles. The third-order valence-electron chi connectivity index (χ3n) is 4.53. The molecule has 3 N–H and O–H groups in total. The lowest BCUT2D eigenvalue weighted by Crippen LogP contribution is -2.32. The molecule has 0 spiro atoms. The highest BCUT2D eigenvalue weighted by molar-refractivity contribution is 5.36. The van der Waals surface area contributed by atoms with E-state index in [1.807, 2.05) is 0 Å². The molecule has 2 saturated heterocycles. The molecule has 2 nitrogen and oxygen atoms in total. The molecule has 5 heteroatoms. The molecule has 4 unspecified atom stereocenters. The fourth-order valence-corrected chi connectivity index (χ4v) is 3.77. The molecular weight excluding hydrogens is 253 g/mol. The van der Waals surface area contributed by atoms with Crippen LogP contribution >= 0.6 is 0 Å². The summed E-state index contributed by atoms with van der Waals surface area (Å²) in [5, 5.41) is 3.41. The van der Waals surface area contributed by atoms with Crippen LogP contribution in [-0.2, 0) is 6.18 Å². The number of fused-ring (bicyclic) bond motifs is 2. The normalized spacial score (nSPS) is 33.9. The third-order valence-corrected chi connectivity index (χ3v) is 4.53. The molecule has 2 bridgehead atoms. The molecule has 1 aromatic carbocycles. The molecule has 2 aliphatic rings. The number of halogens is 3. The molecule has 1 aromatic rings. The van der Waals surface area contributed by atoms with Crippen LogP contribution in [0.1, 0.15) is 29.9 Å². The van der Waals surface area contributed by atoms with Crippen molar-refractivity contribution in [2.24, 2.45) is 11.7 Å². The van der Waals surface area contributed by atoms with Gasteiger partial charge in [0.05, 0.1) is 5.56 Å². The van der Waals surface area contributed by atoms with Crippen molar-refractivity contribution in [3.05, 3.63) is 35.4 Å². The van der Waals surface area contributed by atoms with Gasteiger partial charge in [0.25, 0.3) is 0 Å². The van der Waals surface area contributed by atoms with E-state index in [1.165, 1.54) is 12.1 Å². The highest BCUT2D eigenvalue weighted by Gasteiger charge is 2.49. The second-order valence-corrected chi connectivity index (χ2v) is 5.47. The topological polar surface area (TPSA) is 38.0 Å². The fourth-order valence-electron chi connectivity index (χ4n) is 3.77. The smallest absolute Gasteiger partial charge is 0.330 e. The summed E-state index contributed by atoms with van der Waals surface area (Å²) in [6.07, 6.45) is -2.33. The second kappa shape index (κ2) is 4.49. The first-order valence-corrected chi connectivity index (χ1v) is 6.64. The summed E-state index contributed by atoms with van der Waals surface area (Å²) in [6, 6.07) is 6.34. The first kappa shape index (κ1) is 12.9. The maximum Gasteiger partial charge on any atom is 0.416 e. The largest absolute Gasteiger partial charge is 0.416 e. The summed E-state index contributed by atoms with van der Waals surface area (Å²) in [4.78, 5) is 0. The Kier molecular flexibility index (Phi) is 3.06. The molecule has 0 aliphatic carbocycles. The van der Waals surface area contributed by atoms with E-state index in [0.717, 1.165) is 12.8 Å². The van der Waals surface area contributed by atoms with Gasteiger partial charge in [0.1, 0.15) is 0 Å². The summed E-state index contributed by atoms with van der Waals surface area (Å²) in [6.45, 7) is 0.436. The maximum atomic E-state index is 13.1. The zero-order valence-corrected chi connectivity index (χ0v) is 10.5. The van der Waals surface area contributed by atoms with E-state index in [-0.39, 0.29) is 23.9 Å². The standard InChI is InChI=1S/C14H17F3N2/c15-14(16,17)10-4-2-1-3-8(10)13-9(7-18)11-5-6-12(13)19-11/h1-4,9,11-13,19H,5-7,18H2. The monoisotopic (exact) mass is 270 g/mol. The van der Waals surface area contributed by atoms with Gasteiger partial charge in [-0.3, -0.25) is 0 Å². The molecule has 0 aromatic heterocycles. The maximum absolute atomic E-state index is 13.1. The van der Waals surface area contributed by atoms with Crippen LogP contribution in [0.4, 0.5) is 13.2 Å². The Morgan fingerprint density at radius 1 is 1.16 bits per heavy atom. The van der Waals surface area contributed by atoms with Gasteiger partial charge in [-0.2, -0.15) is 13.2 Å². The first-order chi connectivity index (χ1) is 9.02. The predicted octanol–water partition coefficient (Wildman–Crippen LogP) is 2.50. The van der Waals surface area contributed by atoms with E-state index in [9.17, 15) is 13.2 Å². The lowest BCUT2D eigenvalue weighted by atomic mass is 9.74. The summed E-state index contributed by atoms with van der Waals surface area (Å²) < 4.78 is 39.4. The second-order valence-electron chi connectivity index (χ2n) is 5.47. The van der Waals surface area contributed by atoms with Gasteiger partial charge >= 0.3 is 6.18 Å². The van der Waals surface area contributed by atoms with Gasteiger partial charge in [-0.15, -0.1) is 0 Å². The molecule has 104 valence electrons. The Labute approximate surface area is 110 Å². The minimum atomic E-state index is -4.29. The Morgan fingerprint density at radius 3 is 2.53 bits per heavy atom. The van der Waals surface area contributed by atoms with Crippen LogP contribution in [0, 0.1) is 5.92 Å². The molecule has 0 saturated carbocycles. The number of hydrogen-bond acceptors (Lipinski definition) is 2. The average Bonchev–Trinajstić information content (AvgIpc) is 2.97. The Morgan fingerprint density at radius 2 is 1.84 bits per heavy atom. The summed E-state index contributed by atoms with van der Waals surface area (Å²) >= 11 is 0. The highest BCUT2D eigenvalue weighted by atomic mass is 19.4. The zero-order chi connectivity index (χ0) is 13.6. The van der Waals surface area contributed by atoms with Gasteiger partial charge in [-0.05, 0) is 36.9 Å². The van der Waals surface area contributed by atoms with E-state index in [2.05, 4.69) is 5.32 Å². The van der Waals surface area contributed by atoms with Crippen LogP contribution in [0.2, 0.25) is 0 Å². The number of benzene rings is 1. The number of nitrogens with two attached hydrogens (primary N) is 1. The lowest BCUT2D eigenvalue weighted by Gasteiger charge is -2.30. The van der Waals surface area contributed by atoms with E-state index in [1.54, 1.807) is 12.1 Å². The van der Waals surface area contributed by atoms with Crippen LogP contribution in [0.25, 0.3) is 0 Å². The highest BCUT2D eigenvalue weighted by Crippen LogP contribution is 2.47. The predicted molar refractivity (Wildman–Crippen MR) is 66.7 cm³/mol. The molecule has 3 rings (SSSR count). The van der Waals surface area contributed by atoms with Gasteiger partial charge in [0, 0.05) is 18.0 Å². The summed E-state index contributed by atoms with van der Waals surface area (Å²) in [7, 11) is 0. The van der Waals surface area contributed by atoms with Gasteiger partial charge in [0.15, 0.2) is 0 Å². The molecule has 0 amide bonds. The quantitative estimate of drug-likeness (QED) is 0.866. The van der Waals surface area contributed by atoms with E-state index in [0.29, 0.717) is 12.1 Å². The average molecular weight is 270 g/mol. The number of alkyl halides is 3. The van der Waals surface area contributed by atoms with Gasteiger partial charge in [-0.25, -0.2) is 0 Å². The van der Waals surface area contributed by atoms with Crippen molar-refractivity contribution in [1.29, 1.82) is 0 Å². The fraction of sp³-hybridized carbons (Fsp3) is 0.571. The minimum absolute atomic E-state index is 0.110. The van der Waals surface area contributed by atoms with Crippen LogP contribution in [0.5, 0.6) is 0 Å². The van der Waals surface area contributed by atoms with Crippen molar-refractivity contribution in [2.75, 3.05) is 6.54 Å². The van der Waals surface area contributed by atoms with Gasteiger partial charge < -0.3 is 11.1 Å². The van der Waals surface area contributed by atoms with Gasteiger partial charge in [0.2, 0.25) is 0 Å².